The first kappa shape index (κ1) is 24.7. The minimum absolute atomic E-state index is 0.240. The number of nitrogens with one attached hydrogen (secondary N) is 1. The number of aromatic nitrogens is 1. The molecule has 2 amide bonds. The molecular weight excluding hydrogens is 499 g/mol. The first-order valence-corrected chi connectivity index (χ1v) is 13.0. The van der Waals surface area contributed by atoms with E-state index in [2.05, 4.69) is 4.98 Å². The average Bonchev–Trinajstić information content (AvgIpc) is 3.37. The molecule has 0 spiro atoms. The molecule has 2 aliphatic rings. The maximum absolute atomic E-state index is 14.1. The minimum atomic E-state index is -1.24. The molecule has 9 heteroatoms. The van der Waals surface area contributed by atoms with Gasteiger partial charge in [-0.25, -0.2) is 0 Å². The van der Waals surface area contributed by atoms with Gasteiger partial charge in [0.25, 0.3) is 5.91 Å². The zero-order valence-electron chi connectivity index (χ0n) is 19.8. The molecule has 5 rings (SSSR count). The van der Waals surface area contributed by atoms with Crippen LogP contribution in [0.5, 0.6) is 0 Å². The number of nitrogens with zero attached hydrogens (tertiary/aromatic N) is 2. The molecule has 3 N–H and O–H groups in total. The first-order chi connectivity index (χ1) is 17.3. The lowest BCUT2D eigenvalue weighted by Gasteiger charge is -2.50. The molecule has 2 fully saturated rings. The Hall–Kier alpha value is -3.03. The maximum atomic E-state index is 14.1. The van der Waals surface area contributed by atoms with Crippen molar-refractivity contribution in [2.24, 2.45) is 11.7 Å². The molecule has 1 aliphatic heterocycles. The summed E-state index contributed by atoms with van der Waals surface area (Å²) in [7, 11) is 0. The van der Waals surface area contributed by atoms with E-state index in [1.54, 1.807) is 35.2 Å². The van der Waals surface area contributed by atoms with Crippen LogP contribution in [0.4, 0.5) is 5.69 Å². The zero-order chi connectivity index (χ0) is 25.4. The third kappa shape index (κ3) is 4.46. The number of carbonyl (C=O) groups excluding carboxylic acids is 2. The molecule has 2 heterocycles. The number of hydrogen-bond acceptors (Lipinski definition) is 4. The summed E-state index contributed by atoms with van der Waals surface area (Å²) in [5, 5.41) is 1.50. The molecule has 0 bridgehead atoms. The van der Waals surface area contributed by atoms with E-state index in [0.29, 0.717) is 33.9 Å². The standard InChI is InChI=1S/C27H28Cl2N4O3/c28-21-10-9-18(13-22(21)29)32-11-12-33(27(16-32,26(30)36)15-17-5-1-2-6-17)25(35)20-14-24(34)31-23-8-4-3-7-19(20)23/h3-4,7-10,13-14,17H,1-2,5-6,11-12,15-16H2,(H2,30,36)(H,31,34). The van der Waals surface area contributed by atoms with Gasteiger partial charge in [0, 0.05) is 35.7 Å². The number of aromatic amines is 1. The van der Waals surface area contributed by atoms with E-state index in [4.69, 9.17) is 28.9 Å². The molecule has 1 saturated carbocycles. The van der Waals surface area contributed by atoms with E-state index in [1.807, 2.05) is 17.0 Å². The smallest absolute Gasteiger partial charge is 0.255 e. The van der Waals surface area contributed by atoms with Crippen molar-refractivity contribution in [3.8, 4) is 0 Å². The third-order valence-corrected chi connectivity index (χ3v) is 8.36. The number of nitrogens with two attached hydrogens (primary N) is 1. The number of benzene rings is 2. The summed E-state index contributed by atoms with van der Waals surface area (Å²) < 4.78 is 0. The molecule has 0 radical (unpaired) electrons. The summed E-state index contributed by atoms with van der Waals surface area (Å²) in [5.74, 6) is -0.609. The molecule has 1 aliphatic carbocycles. The van der Waals surface area contributed by atoms with Crippen molar-refractivity contribution in [1.29, 1.82) is 0 Å². The average molecular weight is 527 g/mol. The normalized spacial score (nSPS) is 20.7. The molecule has 1 saturated heterocycles. The molecule has 7 nitrogen and oxygen atoms in total. The number of rotatable bonds is 5. The predicted molar refractivity (Wildman–Crippen MR) is 143 cm³/mol. The number of piperazine rings is 1. The molecule has 36 heavy (non-hydrogen) atoms. The topological polar surface area (TPSA) is 99.5 Å². The Morgan fingerprint density at radius 2 is 1.78 bits per heavy atom. The number of pyridine rings is 1. The monoisotopic (exact) mass is 526 g/mol. The van der Waals surface area contributed by atoms with Gasteiger partial charge in [0.05, 0.1) is 22.2 Å². The van der Waals surface area contributed by atoms with Crippen LogP contribution in [-0.2, 0) is 4.79 Å². The molecule has 3 aromatic rings. The van der Waals surface area contributed by atoms with Gasteiger partial charge in [-0.3, -0.25) is 14.4 Å². The number of primary amides is 1. The highest BCUT2D eigenvalue weighted by Crippen LogP contribution is 2.39. The Kier molecular flexibility index (Phi) is 6.70. The van der Waals surface area contributed by atoms with Crippen LogP contribution in [0.25, 0.3) is 10.9 Å². The molecule has 1 aromatic heterocycles. The Morgan fingerprint density at radius 3 is 2.50 bits per heavy atom. The van der Waals surface area contributed by atoms with Gasteiger partial charge in [-0.05, 0) is 36.6 Å². The predicted octanol–water partition coefficient (Wildman–Crippen LogP) is 4.60. The highest BCUT2D eigenvalue weighted by Gasteiger charge is 2.50. The number of para-hydroxylation sites is 1. The summed E-state index contributed by atoms with van der Waals surface area (Å²) >= 11 is 12.4. The van der Waals surface area contributed by atoms with E-state index in [1.165, 1.54) is 6.07 Å². The Bertz CT molecular complexity index is 1380. The highest BCUT2D eigenvalue weighted by atomic mass is 35.5. The van der Waals surface area contributed by atoms with Crippen LogP contribution in [-0.4, -0.2) is 46.9 Å². The lowest BCUT2D eigenvalue weighted by Crippen LogP contribution is -2.70. The number of carbonyl (C=O) groups is 2. The summed E-state index contributed by atoms with van der Waals surface area (Å²) in [5.41, 5.74) is 6.20. The van der Waals surface area contributed by atoms with Crippen LogP contribution in [0, 0.1) is 5.92 Å². The van der Waals surface area contributed by atoms with E-state index in [-0.39, 0.29) is 36.0 Å². The number of amides is 2. The van der Waals surface area contributed by atoms with Crippen molar-refractivity contribution in [2.75, 3.05) is 24.5 Å². The van der Waals surface area contributed by atoms with Crippen LogP contribution < -0.4 is 16.2 Å². The second-order valence-corrected chi connectivity index (χ2v) is 10.6. The first-order valence-electron chi connectivity index (χ1n) is 12.2. The van der Waals surface area contributed by atoms with Crippen molar-refractivity contribution >= 4 is 51.6 Å². The van der Waals surface area contributed by atoms with Crippen LogP contribution in [0.2, 0.25) is 10.0 Å². The molecule has 2 aromatic carbocycles. The van der Waals surface area contributed by atoms with Crippen LogP contribution in [0.3, 0.4) is 0 Å². The molecular formula is C27H28Cl2N4O3. The van der Waals surface area contributed by atoms with Crippen molar-refractivity contribution < 1.29 is 9.59 Å². The van der Waals surface area contributed by atoms with Crippen LogP contribution in [0.1, 0.15) is 42.5 Å². The lowest BCUT2D eigenvalue weighted by molar-refractivity contribution is -0.130. The molecule has 1 unspecified atom stereocenters. The van der Waals surface area contributed by atoms with E-state index >= 15 is 0 Å². The maximum Gasteiger partial charge on any atom is 0.255 e. The zero-order valence-corrected chi connectivity index (χ0v) is 21.3. The number of hydrogen-bond donors (Lipinski definition) is 2. The van der Waals surface area contributed by atoms with E-state index in [9.17, 15) is 14.4 Å². The van der Waals surface area contributed by atoms with E-state index in [0.717, 1.165) is 31.4 Å². The summed E-state index contributed by atoms with van der Waals surface area (Å²) in [6, 6.07) is 13.8. The van der Waals surface area contributed by atoms with E-state index < -0.39 is 11.4 Å². The fraction of sp³-hybridized carbons (Fsp3) is 0.370. The van der Waals surface area contributed by atoms with Crippen molar-refractivity contribution in [3.63, 3.8) is 0 Å². The second-order valence-electron chi connectivity index (χ2n) is 9.82. The van der Waals surface area contributed by atoms with Gasteiger partial charge in [0.15, 0.2) is 0 Å². The summed E-state index contributed by atoms with van der Waals surface area (Å²) in [4.78, 5) is 46.3. The van der Waals surface area contributed by atoms with Gasteiger partial charge in [0.1, 0.15) is 5.54 Å². The fourth-order valence-corrected chi connectivity index (χ4v) is 6.11. The second kappa shape index (κ2) is 9.79. The van der Waals surface area contributed by atoms with Crippen molar-refractivity contribution in [1.82, 2.24) is 9.88 Å². The molecule has 188 valence electrons. The number of H-pyrrole nitrogens is 1. The van der Waals surface area contributed by atoms with Crippen LogP contribution >= 0.6 is 23.2 Å². The third-order valence-electron chi connectivity index (χ3n) is 7.62. The quantitative estimate of drug-likeness (QED) is 0.507. The number of halogens is 2. The van der Waals surface area contributed by atoms with Gasteiger partial charge in [-0.1, -0.05) is 67.1 Å². The summed E-state index contributed by atoms with van der Waals surface area (Å²) in [6.45, 7) is 0.990. The van der Waals surface area contributed by atoms with Crippen LogP contribution in [0.15, 0.2) is 53.3 Å². The van der Waals surface area contributed by atoms with Crippen molar-refractivity contribution in [2.45, 2.75) is 37.6 Å². The SMILES string of the molecule is NC(=O)C1(CC2CCCC2)CN(c2ccc(Cl)c(Cl)c2)CCN1C(=O)c1cc(=O)[nH]c2ccccc12. The summed E-state index contributed by atoms with van der Waals surface area (Å²) in [6.07, 6.45) is 4.67. The number of fused-ring (bicyclic) bond motifs is 1. The van der Waals surface area contributed by atoms with Gasteiger partial charge < -0.3 is 20.5 Å². The fourth-order valence-electron chi connectivity index (χ4n) is 5.82. The van der Waals surface area contributed by atoms with Gasteiger partial charge in [0.2, 0.25) is 11.5 Å². The Labute approximate surface area is 219 Å². The van der Waals surface area contributed by atoms with Gasteiger partial charge in [-0.2, -0.15) is 0 Å². The lowest BCUT2D eigenvalue weighted by atomic mass is 9.81. The largest absolute Gasteiger partial charge is 0.368 e. The minimum Gasteiger partial charge on any atom is -0.368 e. The number of anilines is 1. The van der Waals surface area contributed by atoms with Crippen molar-refractivity contribution in [3.05, 3.63) is 74.5 Å². The Morgan fingerprint density at radius 1 is 1.03 bits per heavy atom. The van der Waals surface area contributed by atoms with Gasteiger partial charge >= 0.3 is 0 Å². The van der Waals surface area contributed by atoms with Gasteiger partial charge in [-0.15, -0.1) is 0 Å². The highest BCUT2D eigenvalue weighted by molar-refractivity contribution is 6.42. The molecule has 1 atom stereocenters. The Balaban J connectivity index is 1.59.